The molecule has 0 aliphatic carbocycles. The second kappa shape index (κ2) is 6.16. The van der Waals surface area contributed by atoms with Crippen molar-refractivity contribution in [2.45, 2.75) is 11.8 Å². The van der Waals surface area contributed by atoms with E-state index in [0.717, 1.165) is 15.1 Å². The Kier molecular flexibility index (Phi) is 4.53. The van der Waals surface area contributed by atoms with Crippen molar-refractivity contribution in [1.82, 2.24) is 10.4 Å². The van der Waals surface area contributed by atoms with Gasteiger partial charge in [0.1, 0.15) is 5.76 Å². The van der Waals surface area contributed by atoms with Crippen molar-refractivity contribution in [2.24, 2.45) is 4.36 Å². The van der Waals surface area contributed by atoms with Crippen molar-refractivity contribution in [2.75, 3.05) is 5.43 Å². The summed E-state index contributed by atoms with van der Waals surface area (Å²) in [5.41, 5.74) is 5.97. The summed E-state index contributed by atoms with van der Waals surface area (Å²) in [6, 6.07) is 5.60. The van der Waals surface area contributed by atoms with Crippen LogP contribution in [0.5, 0.6) is 0 Å². The highest BCUT2D eigenvalue weighted by Gasteiger charge is 2.12. The Morgan fingerprint density at radius 2 is 2.30 bits per heavy atom. The molecule has 3 N–H and O–H groups in total. The predicted octanol–water partition coefficient (Wildman–Crippen LogP) is 2.55. The van der Waals surface area contributed by atoms with Gasteiger partial charge >= 0.3 is 5.91 Å². The summed E-state index contributed by atoms with van der Waals surface area (Å²) in [5, 5.41) is 9.93. The molecule has 0 aliphatic heterocycles. The minimum absolute atomic E-state index is 0.117. The number of thiol groups is 1. The van der Waals surface area contributed by atoms with Gasteiger partial charge in [-0.2, -0.15) is 0 Å². The molecule has 0 radical (unpaired) electrons. The van der Waals surface area contributed by atoms with Gasteiger partial charge in [-0.25, -0.2) is 4.98 Å². The van der Waals surface area contributed by atoms with Gasteiger partial charge in [0.15, 0.2) is 5.70 Å². The summed E-state index contributed by atoms with van der Waals surface area (Å²) >= 11 is 9.94. The third kappa shape index (κ3) is 3.24. The second-order valence-electron chi connectivity index (χ2n) is 3.78. The molecule has 0 bridgehead atoms. The molecule has 2 rings (SSSR count). The average molecular weight is 326 g/mol. The lowest BCUT2D eigenvalue weighted by molar-refractivity contribution is -0.114. The van der Waals surface area contributed by atoms with Crippen LogP contribution in [0, 0.1) is 0 Å². The molecule has 1 aromatic carbocycles. The Bertz CT molecular complexity index is 707. The maximum atomic E-state index is 11.4. The van der Waals surface area contributed by atoms with Crippen molar-refractivity contribution in [3.8, 4) is 0 Å². The van der Waals surface area contributed by atoms with Crippen molar-refractivity contribution in [1.29, 1.82) is 0 Å². The summed E-state index contributed by atoms with van der Waals surface area (Å²) < 4.78 is 4.04. The molecule has 0 fully saturated rings. The summed E-state index contributed by atoms with van der Waals surface area (Å²) in [5.74, 6) is -0.943. The number of hydrogen-bond acceptors (Lipinski definition) is 8. The van der Waals surface area contributed by atoms with E-state index in [4.69, 9.17) is 0 Å². The average Bonchev–Trinajstić information content (AvgIpc) is 2.79. The molecular weight excluding hydrogens is 316 g/mol. The molecule has 0 atom stereocenters. The van der Waals surface area contributed by atoms with Crippen LogP contribution < -0.4 is 10.9 Å². The topological polar surface area (TPSA) is 86.6 Å². The summed E-state index contributed by atoms with van der Waals surface area (Å²) in [6.07, 6.45) is 0. The van der Waals surface area contributed by atoms with E-state index in [2.05, 4.69) is 45.3 Å². The number of rotatable bonds is 4. The van der Waals surface area contributed by atoms with Crippen molar-refractivity contribution in [3.05, 3.63) is 29.7 Å². The third-order valence-corrected chi connectivity index (χ3v) is 3.72. The molecule has 1 heterocycles. The molecule has 0 aliphatic rings. The van der Waals surface area contributed by atoms with Crippen LogP contribution in [0.25, 0.3) is 10.2 Å². The molecule has 0 saturated heterocycles. The molecule has 1 aromatic heterocycles. The van der Waals surface area contributed by atoms with E-state index in [9.17, 15) is 9.90 Å². The number of amides is 1. The van der Waals surface area contributed by atoms with Crippen molar-refractivity contribution < 1.29 is 9.90 Å². The summed E-state index contributed by atoms with van der Waals surface area (Å²) in [4.78, 5) is 16.5. The number of fused-ring (bicyclic) bond motifs is 1. The fourth-order valence-corrected chi connectivity index (χ4v) is 2.52. The minimum Gasteiger partial charge on any atom is -0.510 e. The van der Waals surface area contributed by atoms with Gasteiger partial charge in [0, 0.05) is 17.3 Å². The zero-order valence-electron chi connectivity index (χ0n) is 10.2. The number of benzene rings is 1. The van der Waals surface area contributed by atoms with E-state index in [-0.39, 0.29) is 11.5 Å². The zero-order valence-corrected chi connectivity index (χ0v) is 12.8. The monoisotopic (exact) mass is 326 g/mol. The van der Waals surface area contributed by atoms with Crippen molar-refractivity contribution in [3.63, 3.8) is 0 Å². The number of thiazole rings is 1. The second-order valence-corrected chi connectivity index (χ2v) is 5.51. The van der Waals surface area contributed by atoms with Crippen LogP contribution in [0.15, 0.2) is 38.9 Å². The predicted molar refractivity (Wildman–Crippen MR) is 83.8 cm³/mol. The summed E-state index contributed by atoms with van der Waals surface area (Å²) in [6.45, 7) is 1.36. The molecule has 1 amide bonds. The number of carbonyl (C=O) groups is 1. The number of nitrogens with zero attached hydrogens (tertiary/aromatic N) is 2. The summed E-state index contributed by atoms with van der Waals surface area (Å²) in [7, 11) is 0. The quantitative estimate of drug-likeness (QED) is 0.299. The van der Waals surface area contributed by atoms with Gasteiger partial charge in [-0.15, -0.1) is 17.0 Å². The number of aliphatic hydroxyl groups excluding tert-OH is 1. The maximum absolute atomic E-state index is 11.4. The molecule has 2 aromatic rings. The Morgan fingerprint density at radius 1 is 1.55 bits per heavy atom. The smallest absolute Gasteiger partial charge is 0.309 e. The zero-order chi connectivity index (χ0) is 14.7. The van der Waals surface area contributed by atoms with Gasteiger partial charge in [-0.3, -0.25) is 15.6 Å². The SMILES string of the molecule is C/C(O)=C(\NNc1nc2cc(S)ccc2s1)C(=O)N=S. The first kappa shape index (κ1) is 14.7. The molecule has 0 saturated carbocycles. The number of aliphatic hydroxyl groups is 1. The Balaban J connectivity index is 2.18. The van der Waals surface area contributed by atoms with Crippen LogP contribution in [-0.2, 0) is 17.2 Å². The molecule has 9 heteroatoms. The van der Waals surface area contributed by atoms with Gasteiger partial charge in [-0.1, -0.05) is 11.3 Å². The van der Waals surface area contributed by atoms with Gasteiger partial charge in [0.05, 0.1) is 10.2 Å². The van der Waals surface area contributed by atoms with Gasteiger partial charge in [0.25, 0.3) is 0 Å². The first-order chi connectivity index (χ1) is 9.51. The lowest BCUT2D eigenvalue weighted by Crippen LogP contribution is -2.26. The number of aromatic nitrogens is 1. The van der Waals surface area contributed by atoms with Crippen LogP contribution in [0.2, 0.25) is 0 Å². The normalized spacial score (nSPS) is 11.9. The maximum Gasteiger partial charge on any atom is 0.309 e. The highest BCUT2D eigenvalue weighted by molar-refractivity contribution is 7.80. The van der Waals surface area contributed by atoms with Gasteiger partial charge in [-0.05, 0) is 25.1 Å². The van der Waals surface area contributed by atoms with Crippen LogP contribution >= 0.6 is 24.0 Å². The molecule has 0 spiro atoms. The van der Waals surface area contributed by atoms with Crippen molar-refractivity contribution >= 4 is 57.6 Å². The molecular formula is C11H10N4O2S3. The van der Waals surface area contributed by atoms with E-state index in [1.165, 1.54) is 18.3 Å². The first-order valence-corrected chi connectivity index (χ1v) is 7.03. The van der Waals surface area contributed by atoms with Crippen LogP contribution in [0.1, 0.15) is 6.92 Å². The van der Waals surface area contributed by atoms with E-state index < -0.39 is 5.91 Å². The largest absolute Gasteiger partial charge is 0.510 e. The van der Waals surface area contributed by atoms with E-state index >= 15 is 0 Å². The van der Waals surface area contributed by atoms with Crippen LogP contribution in [-0.4, -0.2) is 16.0 Å². The standard InChI is InChI=1S/C11H10N4O2S3/c1-5(16)9(10(17)15-19)13-14-11-12-7-4-6(18)2-3-8(7)20-11/h2-4,13,16,18H,1H3,(H,12,14)/b9-5+. The minimum atomic E-state index is -0.730. The fourth-order valence-electron chi connectivity index (χ4n) is 1.43. The molecule has 6 nitrogen and oxygen atoms in total. The van der Waals surface area contributed by atoms with Crippen LogP contribution in [0.3, 0.4) is 0 Å². The Labute approximate surface area is 129 Å². The Hall–Kier alpha value is -1.71. The highest BCUT2D eigenvalue weighted by atomic mass is 32.1. The number of allylic oxidation sites excluding steroid dienone is 1. The number of carbonyl (C=O) groups excluding carboxylic acids is 1. The molecule has 104 valence electrons. The number of hydrogen-bond donors (Lipinski definition) is 4. The third-order valence-electron chi connectivity index (χ3n) is 2.32. The fraction of sp³-hybridized carbons (Fsp3) is 0.0909. The highest BCUT2D eigenvalue weighted by Crippen LogP contribution is 2.27. The molecule has 20 heavy (non-hydrogen) atoms. The lowest BCUT2D eigenvalue weighted by atomic mass is 10.3. The van der Waals surface area contributed by atoms with E-state index in [1.807, 2.05) is 18.2 Å². The lowest BCUT2D eigenvalue weighted by Gasteiger charge is -2.08. The van der Waals surface area contributed by atoms with Crippen LogP contribution in [0.4, 0.5) is 5.13 Å². The van der Waals surface area contributed by atoms with Gasteiger partial charge in [0.2, 0.25) is 5.13 Å². The van der Waals surface area contributed by atoms with E-state index in [1.54, 1.807) is 0 Å². The number of hydrazine groups is 1. The number of nitrogens with one attached hydrogen (secondary N) is 2. The van der Waals surface area contributed by atoms with Gasteiger partial charge < -0.3 is 5.11 Å². The van der Waals surface area contributed by atoms with E-state index in [0.29, 0.717) is 5.13 Å². The number of anilines is 1. The first-order valence-electron chi connectivity index (χ1n) is 5.40. The molecule has 0 unspecified atom stereocenters. The Morgan fingerprint density at radius 3 is 2.95 bits per heavy atom.